The predicted octanol–water partition coefficient (Wildman–Crippen LogP) is 3.24. The van der Waals surface area contributed by atoms with Crippen LogP contribution in [0.3, 0.4) is 0 Å². The van der Waals surface area contributed by atoms with E-state index in [1.807, 2.05) is 6.07 Å². The number of aromatic hydroxyl groups is 1. The van der Waals surface area contributed by atoms with Gasteiger partial charge in [0.1, 0.15) is 0 Å². The number of hydrogen-bond donors (Lipinski definition) is 2. The number of nitrogens with one attached hydrogen (secondary N) is 1. The molecule has 1 aromatic rings. The summed E-state index contributed by atoms with van der Waals surface area (Å²) in [6.45, 7) is 7.21. The molecule has 4 heteroatoms. The zero-order valence-corrected chi connectivity index (χ0v) is 11.4. The third kappa shape index (κ3) is 1.98. The molecule has 0 saturated heterocycles. The van der Waals surface area contributed by atoms with Crippen molar-refractivity contribution in [3.63, 3.8) is 0 Å². The number of halogens is 1. The zero-order valence-electron chi connectivity index (χ0n) is 10.6. The summed E-state index contributed by atoms with van der Waals surface area (Å²) < 4.78 is 5.15. The standard InChI is InChI=1S/C13H18ClNO2/c1-13(2,3)12-7-5-9(17-4)11(16)10(14)8(7)6-15-12/h5,12,15-16H,6H2,1-4H3. The van der Waals surface area contributed by atoms with Crippen molar-refractivity contribution in [3.05, 3.63) is 22.2 Å². The molecule has 0 saturated carbocycles. The van der Waals surface area contributed by atoms with Crippen molar-refractivity contribution >= 4 is 11.6 Å². The molecule has 1 aliphatic heterocycles. The van der Waals surface area contributed by atoms with Gasteiger partial charge < -0.3 is 15.2 Å². The van der Waals surface area contributed by atoms with Crippen LogP contribution in [-0.2, 0) is 6.54 Å². The van der Waals surface area contributed by atoms with E-state index in [0.29, 0.717) is 17.3 Å². The molecule has 94 valence electrons. The summed E-state index contributed by atoms with van der Waals surface area (Å²) in [6.07, 6.45) is 0. The Bertz CT molecular complexity index is 452. The van der Waals surface area contributed by atoms with E-state index in [9.17, 15) is 5.11 Å². The molecule has 1 heterocycles. The highest BCUT2D eigenvalue weighted by Gasteiger charge is 2.34. The van der Waals surface area contributed by atoms with Crippen molar-refractivity contribution in [1.29, 1.82) is 0 Å². The van der Waals surface area contributed by atoms with Crippen molar-refractivity contribution in [3.8, 4) is 11.5 Å². The number of benzene rings is 1. The van der Waals surface area contributed by atoms with Crippen LogP contribution in [0.5, 0.6) is 11.5 Å². The lowest BCUT2D eigenvalue weighted by Gasteiger charge is -2.28. The number of phenolic OH excluding ortho intramolecular Hbond substituents is 1. The number of ether oxygens (including phenoxy) is 1. The molecule has 0 bridgehead atoms. The second-order valence-corrected chi connectivity index (χ2v) is 5.87. The van der Waals surface area contributed by atoms with Crippen LogP contribution in [0.15, 0.2) is 6.07 Å². The fourth-order valence-electron chi connectivity index (χ4n) is 2.35. The molecular formula is C13H18ClNO2. The molecule has 0 aliphatic carbocycles. The molecule has 3 nitrogen and oxygen atoms in total. The molecule has 0 radical (unpaired) electrons. The summed E-state index contributed by atoms with van der Waals surface area (Å²) in [4.78, 5) is 0. The van der Waals surface area contributed by atoms with Gasteiger partial charge in [-0.3, -0.25) is 0 Å². The van der Waals surface area contributed by atoms with Crippen LogP contribution in [-0.4, -0.2) is 12.2 Å². The van der Waals surface area contributed by atoms with Gasteiger partial charge in [0.25, 0.3) is 0 Å². The molecule has 2 N–H and O–H groups in total. The Morgan fingerprint density at radius 1 is 1.47 bits per heavy atom. The molecule has 17 heavy (non-hydrogen) atoms. The summed E-state index contributed by atoms with van der Waals surface area (Å²) in [5.74, 6) is 0.468. The van der Waals surface area contributed by atoms with Crippen molar-refractivity contribution in [2.75, 3.05) is 7.11 Å². The molecule has 1 unspecified atom stereocenters. The first kappa shape index (κ1) is 12.5. The van der Waals surface area contributed by atoms with Crippen LogP contribution in [0, 0.1) is 5.41 Å². The van der Waals surface area contributed by atoms with E-state index >= 15 is 0 Å². The monoisotopic (exact) mass is 255 g/mol. The van der Waals surface area contributed by atoms with Gasteiger partial charge in [-0.25, -0.2) is 0 Å². The van der Waals surface area contributed by atoms with E-state index in [4.69, 9.17) is 16.3 Å². The first-order chi connectivity index (χ1) is 7.86. The lowest BCUT2D eigenvalue weighted by molar-refractivity contribution is 0.287. The van der Waals surface area contributed by atoms with Crippen molar-refractivity contribution in [2.24, 2.45) is 5.41 Å². The summed E-state index contributed by atoms with van der Waals surface area (Å²) >= 11 is 6.17. The Balaban J connectivity index is 2.57. The third-order valence-corrected chi connectivity index (χ3v) is 3.63. The smallest absolute Gasteiger partial charge is 0.177 e. The quantitative estimate of drug-likeness (QED) is 0.810. The minimum atomic E-state index is 0.0317. The van der Waals surface area contributed by atoms with Gasteiger partial charge in [0.15, 0.2) is 11.5 Å². The van der Waals surface area contributed by atoms with E-state index in [1.54, 1.807) is 0 Å². The van der Waals surface area contributed by atoms with Crippen molar-refractivity contribution < 1.29 is 9.84 Å². The van der Waals surface area contributed by atoms with Gasteiger partial charge in [0, 0.05) is 12.6 Å². The SMILES string of the molecule is COc1cc2c(c(Cl)c1O)CNC2C(C)(C)C. The second-order valence-electron chi connectivity index (χ2n) is 5.49. The van der Waals surface area contributed by atoms with Crippen LogP contribution < -0.4 is 10.1 Å². The average molecular weight is 256 g/mol. The third-order valence-electron chi connectivity index (χ3n) is 3.22. The first-order valence-electron chi connectivity index (χ1n) is 5.68. The van der Waals surface area contributed by atoms with E-state index in [-0.39, 0.29) is 17.2 Å². The average Bonchev–Trinajstić information content (AvgIpc) is 2.66. The van der Waals surface area contributed by atoms with Crippen molar-refractivity contribution in [1.82, 2.24) is 5.32 Å². The van der Waals surface area contributed by atoms with Gasteiger partial charge in [-0.1, -0.05) is 32.4 Å². The minimum absolute atomic E-state index is 0.0317. The maximum absolute atomic E-state index is 9.87. The van der Waals surface area contributed by atoms with Crippen LogP contribution in [0.25, 0.3) is 0 Å². The van der Waals surface area contributed by atoms with Crippen LogP contribution in [0.1, 0.15) is 37.9 Å². The zero-order chi connectivity index (χ0) is 12.8. The molecular weight excluding hydrogens is 238 g/mol. The number of hydrogen-bond acceptors (Lipinski definition) is 3. The predicted molar refractivity (Wildman–Crippen MR) is 68.7 cm³/mol. The maximum Gasteiger partial charge on any atom is 0.177 e. The molecule has 1 atom stereocenters. The highest BCUT2D eigenvalue weighted by Crippen LogP contribution is 2.47. The largest absolute Gasteiger partial charge is 0.503 e. The van der Waals surface area contributed by atoms with E-state index in [1.165, 1.54) is 7.11 Å². The summed E-state index contributed by atoms with van der Waals surface area (Å²) in [5.41, 5.74) is 2.19. The minimum Gasteiger partial charge on any atom is -0.503 e. The Morgan fingerprint density at radius 3 is 2.65 bits per heavy atom. The molecule has 0 spiro atoms. The summed E-state index contributed by atoms with van der Waals surface area (Å²) in [6, 6.07) is 2.11. The van der Waals surface area contributed by atoms with Gasteiger partial charge in [0.2, 0.25) is 0 Å². The highest BCUT2D eigenvalue weighted by molar-refractivity contribution is 6.33. The lowest BCUT2D eigenvalue weighted by atomic mass is 9.83. The van der Waals surface area contributed by atoms with Gasteiger partial charge in [-0.2, -0.15) is 0 Å². The number of methoxy groups -OCH3 is 1. The number of phenols is 1. The molecule has 2 rings (SSSR count). The highest BCUT2D eigenvalue weighted by atomic mass is 35.5. The second kappa shape index (κ2) is 4.07. The lowest BCUT2D eigenvalue weighted by Crippen LogP contribution is -2.26. The molecule has 0 aromatic heterocycles. The van der Waals surface area contributed by atoms with Crippen molar-refractivity contribution in [2.45, 2.75) is 33.4 Å². The molecule has 0 fully saturated rings. The van der Waals surface area contributed by atoms with Gasteiger partial charge in [-0.05, 0) is 22.6 Å². The van der Waals surface area contributed by atoms with Crippen LogP contribution in [0.4, 0.5) is 0 Å². The maximum atomic E-state index is 9.87. The Labute approximate surface area is 107 Å². The molecule has 1 aliphatic rings. The first-order valence-corrected chi connectivity index (χ1v) is 6.05. The topological polar surface area (TPSA) is 41.5 Å². The summed E-state index contributed by atoms with van der Waals surface area (Å²) in [5, 5.41) is 13.7. The van der Waals surface area contributed by atoms with Gasteiger partial charge >= 0.3 is 0 Å². The fourth-order valence-corrected chi connectivity index (χ4v) is 2.62. The Kier molecular flexibility index (Phi) is 3.00. The van der Waals surface area contributed by atoms with E-state index < -0.39 is 0 Å². The number of fused-ring (bicyclic) bond motifs is 1. The van der Waals surface area contributed by atoms with E-state index in [0.717, 1.165) is 11.1 Å². The van der Waals surface area contributed by atoms with Gasteiger partial charge in [0.05, 0.1) is 12.1 Å². The summed E-state index contributed by atoms with van der Waals surface area (Å²) in [7, 11) is 1.53. The van der Waals surface area contributed by atoms with Crippen LogP contribution in [0.2, 0.25) is 5.02 Å². The normalized spacial score (nSPS) is 19.2. The Hall–Kier alpha value is -0.930. The van der Waals surface area contributed by atoms with E-state index in [2.05, 4.69) is 26.1 Å². The Morgan fingerprint density at radius 2 is 2.12 bits per heavy atom. The molecule has 0 amide bonds. The van der Waals surface area contributed by atoms with Crippen LogP contribution >= 0.6 is 11.6 Å². The fraction of sp³-hybridized carbons (Fsp3) is 0.538. The van der Waals surface area contributed by atoms with Gasteiger partial charge in [-0.15, -0.1) is 0 Å². The number of rotatable bonds is 1. The molecule has 1 aromatic carbocycles.